The van der Waals surface area contributed by atoms with Gasteiger partial charge in [-0.05, 0) is 19.8 Å². The zero-order valence-corrected chi connectivity index (χ0v) is 5.30. The lowest BCUT2D eigenvalue weighted by Gasteiger charge is -2.06. The summed E-state index contributed by atoms with van der Waals surface area (Å²) in [5, 5.41) is 0. The van der Waals surface area contributed by atoms with E-state index >= 15 is 0 Å². The van der Waals surface area contributed by atoms with E-state index in [4.69, 9.17) is 17.2 Å². The van der Waals surface area contributed by atoms with Gasteiger partial charge in [0.1, 0.15) is 0 Å². The minimum Gasteiger partial charge on any atom is -0.328 e. The highest BCUT2D eigenvalue weighted by molar-refractivity contribution is 4.57. The molecule has 0 aliphatic carbocycles. The SMILES string of the molecule is CC(N)CCC(N)N. The van der Waals surface area contributed by atoms with Crippen LogP contribution >= 0.6 is 0 Å². The van der Waals surface area contributed by atoms with Gasteiger partial charge in [-0.25, -0.2) is 0 Å². The number of hydrogen-bond acceptors (Lipinski definition) is 3. The third-order valence-electron chi connectivity index (χ3n) is 0.955. The topological polar surface area (TPSA) is 78.1 Å². The fraction of sp³-hybridized carbons (Fsp3) is 1.00. The van der Waals surface area contributed by atoms with Crippen molar-refractivity contribution in [2.45, 2.75) is 32.0 Å². The maximum atomic E-state index is 5.43. The summed E-state index contributed by atoms with van der Waals surface area (Å²) in [6.07, 6.45) is 1.54. The molecule has 0 fully saturated rings. The summed E-state index contributed by atoms with van der Waals surface area (Å²) in [6.45, 7) is 1.95. The van der Waals surface area contributed by atoms with Crippen molar-refractivity contribution in [2.24, 2.45) is 17.2 Å². The third kappa shape index (κ3) is 5.88. The molecule has 0 aromatic carbocycles. The van der Waals surface area contributed by atoms with Crippen molar-refractivity contribution < 1.29 is 0 Å². The molecule has 3 heteroatoms. The molecule has 0 saturated heterocycles. The summed E-state index contributed by atoms with van der Waals surface area (Å²) in [4.78, 5) is 0. The molecular weight excluding hydrogens is 102 g/mol. The summed E-state index contributed by atoms with van der Waals surface area (Å²) in [5.41, 5.74) is 16.0. The zero-order chi connectivity index (χ0) is 6.57. The number of rotatable bonds is 3. The van der Waals surface area contributed by atoms with Crippen LogP contribution in [0.15, 0.2) is 0 Å². The highest BCUT2D eigenvalue weighted by Crippen LogP contribution is 1.91. The Bertz CT molecular complexity index is 43.6. The fourth-order valence-electron chi connectivity index (χ4n) is 0.455. The van der Waals surface area contributed by atoms with E-state index < -0.39 is 0 Å². The first-order chi connectivity index (χ1) is 3.63. The molecule has 0 radical (unpaired) electrons. The molecule has 8 heavy (non-hydrogen) atoms. The van der Waals surface area contributed by atoms with E-state index in [9.17, 15) is 0 Å². The Morgan fingerprint density at radius 3 is 1.75 bits per heavy atom. The molecular formula is C5H15N3. The van der Waals surface area contributed by atoms with Gasteiger partial charge in [0.05, 0.1) is 6.17 Å². The predicted octanol–water partition coefficient (Wildman–Crippen LogP) is -0.643. The lowest BCUT2D eigenvalue weighted by molar-refractivity contribution is 0.550. The quantitative estimate of drug-likeness (QED) is 0.430. The van der Waals surface area contributed by atoms with Gasteiger partial charge in [-0.15, -0.1) is 0 Å². The molecule has 0 aromatic rings. The molecule has 50 valence electrons. The molecule has 0 aromatic heterocycles. The fourth-order valence-corrected chi connectivity index (χ4v) is 0.455. The smallest absolute Gasteiger partial charge is 0.0521 e. The molecule has 0 saturated carbocycles. The van der Waals surface area contributed by atoms with Crippen molar-refractivity contribution in [3.8, 4) is 0 Å². The van der Waals surface area contributed by atoms with Gasteiger partial charge in [0.2, 0.25) is 0 Å². The Kier molecular flexibility index (Phi) is 3.77. The Balaban J connectivity index is 2.93. The number of hydrogen-bond donors (Lipinski definition) is 3. The molecule has 0 aliphatic heterocycles. The average Bonchev–Trinajstić information content (AvgIpc) is 1.61. The summed E-state index contributed by atoms with van der Waals surface area (Å²) < 4.78 is 0. The molecule has 0 amide bonds. The van der Waals surface area contributed by atoms with Crippen molar-refractivity contribution in [3.05, 3.63) is 0 Å². The van der Waals surface area contributed by atoms with Crippen LogP contribution in [0.3, 0.4) is 0 Å². The zero-order valence-electron chi connectivity index (χ0n) is 5.30. The normalized spacial score (nSPS) is 14.6. The predicted molar refractivity (Wildman–Crippen MR) is 35.0 cm³/mol. The third-order valence-corrected chi connectivity index (χ3v) is 0.955. The molecule has 0 spiro atoms. The van der Waals surface area contributed by atoms with Crippen molar-refractivity contribution >= 4 is 0 Å². The first kappa shape index (κ1) is 7.88. The first-order valence-corrected chi connectivity index (χ1v) is 2.89. The van der Waals surface area contributed by atoms with E-state index in [-0.39, 0.29) is 12.2 Å². The minimum absolute atomic E-state index is 0.194. The summed E-state index contributed by atoms with van der Waals surface area (Å²) in [6, 6.07) is 0.226. The molecule has 0 aliphatic rings. The summed E-state index contributed by atoms with van der Waals surface area (Å²) in [5.74, 6) is 0. The van der Waals surface area contributed by atoms with E-state index in [0.29, 0.717) is 0 Å². The van der Waals surface area contributed by atoms with Crippen LogP contribution in [0, 0.1) is 0 Å². The Morgan fingerprint density at radius 2 is 1.62 bits per heavy atom. The highest BCUT2D eigenvalue weighted by atomic mass is 14.8. The van der Waals surface area contributed by atoms with Crippen molar-refractivity contribution in [1.29, 1.82) is 0 Å². The monoisotopic (exact) mass is 117 g/mol. The van der Waals surface area contributed by atoms with Crippen LogP contribution in [-0.4, -0.2) is 12.2 Å². The van der Waals surface area contributed by atoms with Crippen LogP contribution in [0.25, 0.3) is 0 Å². The maximum absolute atomic E-state index is 5.43. The average molecular weight is 117 g/mol. The van der Waals surface area contributed by atoms with Gasteiger partial charge < -0.3 is 17.2 Å². The molecule has 1 atom stereocenters. The van der Waals surface area contributed by atoms with Gasteiger partial charge in [-0.1, -0.05) is 0 Å². The van der Waals surface area contributed by atoms with Crippen molar-refractivity contribution in [2.75, 3.05) is 0 Å². The molecule has 3 nitrogen and oxygen atoms in total. The van der Waals surface area contributed by atoms with Gasteiger partial charge in [0, 0.05) is 6.04 Å². The standard InChI is InChI=1S/C5H15N3/c1-4(6)2-3-5(7)8/h4-5H,2-3,6-8H2,1H3. The van der Waals surface area contributed by atoms with Crippen LogP contribution in [-0.2, 0) is 0 Å². The van der Waals surface area contributed by atoms with Crippen LogP contribution in [0.4, 0.5) is 0 Å². The van der Waals surface area contributed by atoms with E-state index in [1.807, 2.05) is 6.92 Å². The number of nitrogens with two attached hydrogens (primary N) is 3. The van der Waals surface area contributed by atoms with Crippen LogP contribution in [0.1, 0.15) is 19.8 Å². The molecule has 0 bridgehead atoms. The molecule has 0 heterocycles. The largest absolute Gasteiger partial charge is 0.328 e. The molecule has 6 N–H and O–H groups in total. The minimum atomic E-state index is -0.194. The second-order valence-corrected chi connectivity index (χ2v) is 2.22. The Labute approximate surface area is 50.2 Å². The second-order valence-electron chi connectivity index (χ2n) is 2.22. The van der Waals surface area contributed by atoms with Gasteiger partial charge in [-0.3, -0.25) is 0 Å². The summed E-state index contributed by atoms with van der Waals surface area (Å²) in [7, 11) is 0. The van der Waals surface area contributed by atoms with Crippen LogP contribution < -0.4 is 17.2 Å². The van der Waals surface area contributed by atoms with Gasteiger partial charge in [0.15, 0.2) is 0 Å². The van der Waals surface area contributed by atoms with Gasteiger partial charge in [0.25, 0.3) is 0 Å². The van der Waals surface area contributed by atoms with Crippen molar-refractivity contribution in [1.82, 2.24) is 0 Å². The molecule has 0 rings (SSSR count). The van der Waals surface area contributed by atoms with Gasteiger partial charge in [-0.2, -0.15) is 0 Å². The van der Waals surface area contributed by atoms with E-state index in [2.05, 4.69) is 0 Å². The van der Waals surface area contributed by atoms with Crippen LogP contribution in [0.5, 0.6) is 0 Å². The van der Waals surface area contributed by atoms with E-state index in [1.165, 1.54) is 0 Å². The van der Waals surface area contributed by atoms with E-state index in [1.54, 1.807) is 0 Å². The molecule has 1 unspecified atom stereocenters. The Hall–Kier alpha value is -0.120. The Morgan fingerprint density at radius 1 is 1.12 bits per heavy atom. The summed E-state index contributed by atoms with van der Waals surface area (Å²) >= 11 is 0. The lowest BCUT2D eigenvalue weighted by atomic mass is 10.2. The highest BCUT2D eigenvalue weighted by Gasteiger charge is 1.96. The second kappa shape index (κ2) is 3.83. The van der Waals surface area contributed by atoms with Crippen LogP contribution in [0.2, 0.25) is 0 Å². The maximum Gasteiger partial charge on any atom is 0.0521 e. The van der Waals surface area contributed by atoms with E-state index in [0.717, 1.165) is 12.8 Å². The van der Waals surface area contributed by atoms with Crippen molar-refractivity contribution in [3.63, 3.8) is 0 Å². The first-order valence-electron chi connectivity index (χ1n) is 2.89. The van der Waals surface area contributed by atoms with Gasteiger partial charge >= 0.3 is 0 Å². The lowest BCUT2D eigenvalue weighted by Crippen LogP contribution is -2.32.